The van der Waals surface area contributed by atoms with Crippen LogP contribution in [0.15, 0.2) is 36.4 Å². The highest BCUT2D eigenvalue weighted by molar-refractivity contribution is 6.02. The summed E-state index contributed by atoms with van der Waals surface area (Å²) < 4.78 is 17.4. The third-order valence-corrected chi connectivity index (χ3v) is 8.21. The van der Waals surface area contributed by atoms with Crippen LogP contribution in [0.2, 0.25) is 0 Å². The maximum Gasteiger partial charge on any atom is 0.246 e. The predicted molar refractivity (Wildman–Crippen MR) is 142 cm³/mol. The van der Waals surface area contributed by atoms with Crippen LogP contribution < -0.4 is 15.4 Å². The molecule has 1 spiro atoms. The molecule has 0 radical (unpaired) electrons. The Morgan fingerprint density at radius 3 is 2.71 bits per heavy atom. The molecule has 2 saturated heterocycles. The molecule has 9 heteroatoms. The van der Waals surface area contributed by atoms with Crippen LogP contribution in [-0.4, -0.2) is 72.8 Å². The van der Waals surface area contributed by atoms with Crippen LogP contribution in [0.1, 0.15) is 52.4 Å². The molecule has 206 valence electrons. The molecule has 0 aromatic heterocycles. The van der Waals surface area contributed by atoms with Crippen LogP contribution >= 0.6 is 0 Å². The highest BCUT2D eigenvalue weighted by atomic mass is 16.5. The van der Waals surface area contributed by atoms with Crippen molar-refractivity contribution in [3.05, 3.63) is 36.4 Å². The van der Waals surface area contributed by atoms with Gasteiger partial charge in [0.15, 0.2) is 0 Å². The highest BCUT2D eigenvalue weighted by Gasteiger charge is 2.72. The SMILES string of the molecule is COc1cccc(NC(=O)[C@@H]2[C@H]3C=C[C@@]4(O3)[C@H]2C(=O)N(CCCOC(C)C)[C@@H]4C(=O)NC2CCCCC2)c1. The highest BCUT2D eigenvalue weighted by Crippen LogP contribution is 2.55. The number of ether oxygens (including phenoxy) is 3. The molecular formula is C29H39N3O6. The molecule has 5 atom stereocenters. The summed E-state index contributed by atoms with van der Waals surface area (Å²) in [6.45, 7) is 4.77. The Kier molecular flexibility index (Phi) is 7.77. The van der Waals surface area contributed by atoms with Gasteiger partial charge in [-0.2, -0.15) is 0 Å². The number of rotatable bonds is 10. The molecule has 3 aliphatic heterocycles. The number of carbonyl (C=O) groups is 3. The lowest BCUT2D eigenvalue weighted by atomic mass is 9.74. The van der Waals surface area contributed by atoms with E-state index >= 15 is 0 Å². The maximum atomic E-state index is 14.0. The van der Waals surface area contributed by atoms with Gasteiger partial charge in [-0.3, -0.25) is 14.4 Å². The van der Waals surface area contributed by atoms with Gasteiger partial charge in [-0.1, -0.05) is 37.5 Å². The van der Waals surface area contributed by atoms with Gasteiger partial charge < -0.3 is 29.7 Å². The first kappa shape index (κ1) is 26.7. The van der Waals surface area contributed by atoms with Crippen molar-refractivity contribution in [2.24, 2.45) is 11.8 Å². The number of methoxy groups -OCH3 is 1. The van der Waals surface area contributed by atoms with E-state index in [0.29, 0.717) is 31.0 Å². The van der Waals surface area contributed by atoms with Crippen molar-refractivity contribution in [3.63, 3.8) is 0 Å². The van der Waals surface area contributed by atoms with Crippen molar-refractivity contribution in [1.29, 1.82) is 0 Å². The second-order valence-electron chi connectivity index (χ2n) is 11.1. The molecule has 1 aliphatic carbocycles. The van der Waals surface area contributed by atoms with Crippen LogP contribution in [-0.2, 0) is 23.9 Å². The van der Waals surface area contributed by atoms with Gasteiger partial charge in [-0.15, -0.1) is 0 Å². The first-order valence-corrected chi connectivity index (χ1v) is 13.9. The number of hydrogen-bond acceptors (Lipinski definition) is 6. The van der Waals surface area contributed by atoms with Crippen molar-refractivity contribution in [1.82, 2.24) is 10.2 Å². The van der Waals surface area contributed by atoms with E-state index in [-0.39, 0.29) is 29.9 Å². The Morgan fingerprint density at radius 1 is 1.18 bits per heavy atom. The molecule has 1 saturated carbocycles. The minimum Gasteiger partial charge on any atom is -0.497 e. The summed E-state index contributed by atoms with van der Waals surface area (Å²) in [4.78, 5) is 43.0. The minimum absolute atomic E-state index is 0.0826. The summed E-state index contributed by atoms with van der Waals surface area (Å²) in [5, 5.41) is 6.15. The fourth-order valence-electron chi connectivity index (χ4n) is 6.52. The van der Waals surface area contributed by atoms with E-state index < -0.39 is 29.6 Å². The Morgan fingerprint density at radius 2 is 1.97 bits per heavy atom. The lowest BCUT2D eigenvalue weighted by molar-refractivity contribution is -0.141. The van der Waals surface area contributed by atoms with Crippen molar-refractivity contribution < 1.29 is 28.6 Å². The zero-order valence-electron chi connectivity index (χ0n) is 22.5. The molecule has 5 rings (SSSR count). The van der Waals surface area contributed by atoms with E-state index in [4.69, 9.17) is 14.2 Å². The topological polar surface area (TPSA) is 106 Å². The van der Waals surface area contributed by atoms with Gasteiger partial charge in [0, 0.05) is 30.9 Å². The summed E-state index contributed by atoms with van der Waals surface area (Å²) in [6.07, 6.45) is 9.04. The van der Waals surface area contributed by atoms with E-state index in [2.05, 4.69) is 10.6 Å². The van der Waals surface area contributed by atoms with Gasteiger partial charge in [0.1, 0.15) is 17.4 Å². The number of anilines is 1. The summed E-state index contributed by atoms with van der Waals surface area (Å²) in [5.74, 6) is -1.59. The second kappa shape index (κ2) is 11.1. The number of nitrogens with zero attached hydrogens (tertiary/aromatic N) is 1. The van der Waals surface area contributed by atoms with Gasteiger partial charge in [-0.25, -0.2) is 0 Å². The molecule has 3 heterocycles. The van der Waals surface area contributed by atoms with E-state index in [0.717, 1.165) is 25.7 Å². The summed E-state index contributed by atoms with van der Waals surface area (Å²) in [5.41, 5.74) is -0.578. The number of likely N-dealkylation sites (tertiary alicyclic amines) is 1. The van der Waals surface area contributed by atoms with Crippen LogP contribution in [0.25, 0.3) is 0 Å². The van der Waals surface area contributed by atoms with Crippen molar-refractivity contribution in [2.45, 2.75) is 82.3 Å². The monoisotopic (exact) mass is 525 g/mol. The summed E-state index contributed by atoms with van der Waals surface area (Å²) in [7, 11) is 1.57. The average Bonchev–Trinajstić information content (AvgIpc) is 3.54. The fourth-order valence-corrected chi connectivity index (χ4v) is 6.52. The normalized spacial score (nSPS) is 30.1. The van der Waals surface area contributed by atoms with Crippen LogP contribution in [0.3, 0.4) is 0 Å². The molecule has 2 bridgehead atoms. The maximum absolute atomic E-state index is 14.0. The summed E-state index contributed by atoms with van der Waals surface area (Å²) in [6, 6.07) is 6.37. The van der Waals surface area contributed by atoms with Gasteiger partial charge in [0.05, 0.1) is 31.2 Å². The average molecular weight is 526 g/mol. The summed E-state index contributed by atoms with van der Waals surface area (Å²) >= 11 is 0. The molecule has 38 heavy (non-hydrogen) atoms. The molecule has 1 aromatic carbocycles. The Bertz CT molecular complexity index is 1080. The first-order chi connectivity index (χ1) is 18.3. The minimum atomic E-state index is -1.16. The standard InChI is InChI=1S/C29H39N3O6/c1-18(2)37-16-8-15-32-25(27(34)30-19-9-5-4-6-10-19)29-14-13-22(38-29)23(24(29)28(32)35)26(33)31-20-11-7-12-21(17-20)36-3/h7,11-14,17-19,22-25H,4-6,8-10,15-16H2,1-3H3,(H,30,34)(H,31,33)/t22-,23-,24-,25-,29-/m1/s1. The van der Waals surface area contributed by atoms with Crippen LogP contribution in [0, 0.1) is 11.8 Å². The fraction of sp³-hybridized carbons (Fsp3) is 0.621. The van der Waals surface area contributed by atoms with Crippen LogP contribution in [0.5, 0.6) is 5.75 Å². The van der Waals surface area contributed by atoms with E-state index in [1.165, 1.54) is 6.42 Å². The smallest absolute Gasteiger partial charge is 0.246 e. The largest absolute Gasteiger partial charge is 0.497 e. The molecule has 1 aromatic rings. The Balaban J connectivity index is 1.39. The second-order valence-corrected chi connectivity index (χ2v) is 11.1. The molecule has 3 fully saturated rings. The van der Waals surface area contributed by atoms with Crippen LogP contribution in [0.4, 0.5) is 5.69 Å². The van der Waals surface area contributed by atoms with Crippen molar-refractivity contribution in [2.75, 3.05) is 25.6 Å². The predicted octanol–water partition coefficient (Wildman–Crippen LogP) is 3.05. The molecule has 9 nitrogen and oxygen atoms in total. The lowest BCUT2D eigenvalue weighted by Gasteiger charge is -2.34. The van der Waals surface area contributed by atoms with Gasteiger partial charge >= 0.3 is 0 Å². The number of amides is 3. The Labute approximate surface area is 224 Å². The molecular weight excluding hydrogens is 486 g/mol. The van der Waals surface area contributed by atoms with E-state index in [1.807, 2.05) is 26.0 Å². The van der Waals surface area contributed by atoms with Gasteiger partial charge in [0.25, 0.3) is 0 Å². The quantitative estimate of drug-likeness (QED) is 0.359. The number of fused-ring (bicyclic) bond motifs is 1. The zero-order valence-corrected chi connectivity index (χ0v) is 22.5. The number of hydrogen-bond donors (Lipinski definition) is 2. The number of benzene rings is 1. The third kappa shape index (κ3) is 4.94. The van der Waals surface area contributed by atoms with E-state index in [1.54, 1.807) is 36.3 Å². The molecule has 3 amide bonds. The first-order valence-electron chi connectivity index (χ1n) is 13.9. The van der Waals surface area contributed by atoms with Crippen molar-refractivity contribution >= 4 is 23.4 Å². The Hall–Kier alpha value is -2.91. The number of nitrogens with one attached hydrogen (secondary N) is 2. The van der Waals surface area contributed by atoms with Gasteiger partial charge in [-0.05, 0) is 45.2 Å². The van der Waals surface area contributed by atoms with E-state index in [9.17, 15) is 14.4 Å². The van der Waals surface area contributed by atoms with Gasteiger partial charge in [0.2, 0.25) is 17.7 Å². The molecule has 2 N–H and O–H groups in total. The third-order valence-electron chi connectivity index (χ3n) is 8.21. The zero-order chi connectivity index (χ0) is 26.9. The molecule has 4 aliphatic rings. The molecule has 0 unspecified atom stereocenters. The van der Waals surface area contributed by atoms with Crippen molar-refractivity contribution in [3.8, 4) is 5.75 Å². The number of carbonyl (C=O) groups excluding carboxylic acids is 3. The lowest BCUT2D eigenvalue weighted by Crippen LogP contribution is -2.56.